The first kappa shape index (κ1) is 16.0. The van der Waals surface area contributed by atoms with Crippen LogP contribution in [-0.4, -0.2) is 19.7 Å². The minimum atomic E-state index is -0.313. The number of esters is 1. The molecule has 0 saturated carbocycles. The van der Waals surface area contributed by atoms with Gasteiger partial charge in [0.1, 0.15) is 5.75 Å². The molecule has 0 spiro atoms. The van der Waals surface area contributed by atoms with Crippen molar-refractivity contribution in [2.75, 3.05) is 13.7 Å². The van der Waals surface area contributed by atoms with Crippen molar-refractivity contribution in [2.24, 2.45) is 0 Å². The zero-order valence-corrected chi connectivity index (χ0v) is 13.0. The van der Waals surface area contributed by atoms with Gasteiger partial charge in [0.2, 0.25) is 0 Å². The van der Waals surface area contributed by atoms with E-state index < -0.39 is 0 Å². The fourth-order valence-electron chi connectivity index (χ4n) is 2.14. The van der Waals surface area contributed by atoms with Crippen LogP contribution in [-0.2, 0) is 17.8 Å². The van der Waals surface area contributed by atoms with Crippen molar-refractivity contribution >= 4 is 5.97 Å². The summed E-state index contributed by atoms with van der Waals surface area (Å²) in [6.07, 6.45) is 0. The molecule has 2 rings (SSSR count). The van der Waals surface area contributed by atoms with Crippen LogP contribution < -0.4 is 10.1 Å². The third-order valence-electron chi connectivity index (χ3n) is 3.24. The Labute approximate surface area is 131 Å². The van der Waals surface area contributed by atoms with E-state index in [9.17, 15) is 4.79 Å². The molecule has 1 N–H and O–H groups in total. The number of carbonyl (C=O) groups excluding carboxylic acids is 1. The Hall–Kier alpha value is -2.33. The van der Waals surface area contributed by atoms with Crippen molar-refractivity contribution in [1.82, 2.24) is 5.32 Å². The molecule has 0 bridgehead atoms. The van der Waals surface area contributed by atoms with E-state index in [1.807, 2.05) is 37.3 Å². The summed E-state index contributed by atoms with van der Waals surface area (Å²) in [4.78, 5) is 11.4. The van der Waals surface area contributed by atoms with Crippen LogP contribution in [0.4, 0.5) is 0 Å². The van der Waals surface area contributed by atoms with Gasteiger partial charge in [-0.05, 0) is 42.3 Å². The van der Waals surface area contributed by atoms with Crippen LogP contribution in [0.5, 0.6) is 5.75 Å². The Morgan fingerprint density at radius 1 is 1.05 bits per heavy atom. The number of nitrogens with one attached hydrogen (secondary N) is 1. The normalized spacial score (nSPS) is 10.3. The fraction of sp³-hybridized carbons (Fsp3) is 0.278. The average molecular weight is 299 g/mol. The molecule has 0 atom stereocenters. The molecule has 0 heterocycles. The van der Waals surface area contributed by atoms with E-state index >= 15 is 0 Å². The lowest BCUT2D eigenvalue weighted by Gasteiger charge is -2.08. The Morgan fingerprint density at radius 3 is 2.45 bits per heavy atom. The molecule has 4 heteroatoms. The van der Waals surface area contributed by atoms with Crippen LogP contribution in [0.2, 0.25) is 0 Å². The highest BCUT2D eigenvalue weighted by Gasteiger charge is 2.04. The molecule has 0 saturated heterocycles. The van der Waals surface area contributed by atoms with Crippen LogP contribution in [0, 0.1) is 0 Å². The second-order valence-electron chi connectivity index (χ2n) is 4.87. The molecule has 0 fully saturated rings. The zero-order chi connectivity index (χ0) is 15.8. The van der Waals surface area contributed by atoms with E-state index in [1.165, 1.54) is 12.7 Å². The average Bonchev–Trinajstić information content (AvgIpc) is 2.55. The van der Waals surface area contributed by atoms with Crippen LogP contribution in [0.3, 0.4) is 0 Å². The Bertz CT molecular complexity index is 608. The third kappa shape index (κ3) is 4.60. The van der Waals surface area contributed by atoms with E-state index in [-0.39, 0.29) is 5.97 Å². The maximum Gasteiger partial charge on any atom is 0.337 e. The van der Waals surface area contributed by atoms with Gasteiger partial charge in [-0.15, -0.1) is 0 Å². The zero-order valence-electron chi connectivity index (χ0n) is 13.0. The smallest absolute Gasteiger partial charge is 0.337 e. The number of rotatable bonds is 7. The number of benzene rings is 2. The van der Waals surface area contributed by atoms with Crippen molar-refractivity contribution in [3.63, 3.8) is 0 Å². The van der Waals surface area contributed by atoms with Gasteiger partial charge in [0.05, 0.1) is 19.3 Å². The van der Waals surface area contributed by atoms with Gasteiger partial charge in [-0.25, -0.2) is 4.79 Å². The molecule has 22 heavy (non-hydrogen) atoms. The van der Waals surface area contributed by atoms with Crippen molar-refractivity contribution < 1.29 is 14.3 Å². The van der Waals surface area contributed by atoms with Gasteiger partial charge in [0.25, 0.3) is 0 Å². The lowest BCUT2D eigenvalue weighted by Crippen LogP contribution is -2.13. The van der Waals surface area contributed by atoms with Crippen molar-refractivity contribution in [3.05, 3.63) is 65.2 Å². The second-order valence-corrected chi connectivity index (χ2v) is 4.87. The van der Waals surface area contributed by atoms with Gasteiger partial charge >= 0.3 is 5.97 Å². The van der Waals surface area contributed by atoms with Crippen LogP contribution in [0.1, 0.15) is 28.4 Å². The first-order valence-corrected chi connectivity index (χ1v) is 7.32. The molecular weight excluding hydrogens is 278 g/mol. The summed E-state index contributed by atoms with van der Waals surface area (Å²) < 4.78 is 10.2. The van der Waals surface area contributed by atoms with Gasteiger partial charge in [-0.1, -0.05) is 24.3 Å². The molecular formula is C18H21NO3. The minimum absolute atomic E-state index is 0.313. The van der Waals surface area contributed by atoms with Crippen molar-refractivity contribution in [2.45, 2.75) is 20.0 Å². The molecule has 0 unspecified atom stereocenters. The highest BCUT2D eigenvalue weighted by atomic mass is 16.5. The summed E-state index contributed by atoms with van der Waals surface area (Å²) in [5.74, 6) is 0.580. The Kier molecular flexibility index (Phi) is 5.98. The van der Waals surface area contributed by atoms with Crippen molar-refractivity contribution in [1.29, 1.82) is 0 Å². The predicted molar refractivity (Wildman–Crippen MR) is 85.9 cm³/mol. The summed E-state index contributed by atoms with van der Waals surface area (Å²) in [6.45, 7) is 4.15. The molecule has 116 valence electrons. The maximum atomic E-state index is 11.4. The summed E-state index contributed by atoms with van der Waals surface area (Å²) in [5, 5.41) is 3.38. The first-order chi connectivity index (χ1) is 10.7. The third-order valence-corrected chi connectivity index (χ3v) is 3.24. The maximum absolute atomic E-state index is 11.4. The van der Waals surface area contributed by atoms with Gasteiger partial charge in [-0.3, -0.25) is 0 Å². The monoisotopic (exact) mass is 299 g/mol. The van der Waals surface area contributed by atoms with Gasteiger partial charge in [0.15, 0.2) is 0 Å². The van der Waals surface area contributed by atoms with E-state index in [0.717, 1.165) is 24.4 Å². The van der Waals surface area contributed by atoms with Gasteiger partial charge < -0.3 is 14.8 Å². The van der Waals surface area contributed by atoms with Crippen LogP contribution >= 0.6 is 0 Å². The molecule has 0 aromatic heterocycles. The number of methoxy groups -OCH3 is 1. The molecule has 4 nitrogen and oxygen atoms in total. The quantitative estimate of drug-likeness (QED) is 0.798. The van der Waals surface area contributed by atoms with Gasteiger partial charge in [0, 0.05) is 13.1 Å². The van der Waals surface area contributed by atoms with E-state index in [1.54, 1.807) is 12.1 Å². The second kappa shape index (κ2) is 8.20. The molecule has 0 amide bonds. The van der Waals surface area contributed by atoms with E-state index in [4.69, 9.17) is 4.74 Å². The molecule has 0 radical (unpaired) electrons. The highest BCUT2D eigenvalue weighted by molar-refractivity contribution is 5.89. The number of ether oxygens (including phenoxy) is 2. The van der Waals surface area contributed by atoms with Gasteiger partial charge in [-0.2, -0.15) is 0 Å². The minimum Gasteiger partial charge on any atom is -0.494 e. The number of carbonyl (C=O) groups is 1. The SMILES string of the molecule is CCOc1cccc(CNCc2ccc(C(=O)OC)cc2)c1. The highest BCUT2D eigenvalue weighted by Crippen LogP contribution is 2.13. The first-order valence-electron chi connectivity index (χ1n) is 7.32. The van der Waals surface area contributed by atoms with E-state index in [0.29, 0.717) is 12.2 Å². The van der Waals surface area contributed by atoms with Crippen LogP contribution in [0.25, 0.3) is 0 Å². The Balaban J connectivity index is 1.85. The van der Waals surface area contributed by atoms with Crippen LogP contribution in [0.15, 0.2) is 48.5 Å². The lowest BCUT2D eigenvalue weighted by molar-refractivity contribution is 0.0600. The number of hydrogen-bond acceptors (Lipinski definition) is 4. The largest absolute Gasteiger partial charge is 0.494 e. The van der Waals surface area contributed by atoms with Crippen molar-refractivity contribution in [3.8, 4) is 5.75 Å². The van der Waals surface area contributed by atoms with E-state index in [2.05, 4.69) is 16.1 Å². The molecule has 2 aromatic carbocycles. The Morgan fingerprint density at radius 2 is 1.77 bits per heavy atom. The molecule has 0 aliphatic heterocycles. The standard InChI is InChI=1S/C18H21NO3/c1-3-22-17-6-4-5-15(11-17)13-19-12-14-7-9-16(10-8-14)18(20)21-2/h4-11,19H,3,12-13H2,1-2H3. The summed E-state index contributed by atoms with van der Waals surface area (Å²) in [5.41, 5.74) is 2.86. The number of hydrogen-bond donors (Lipinski definition) is 1. The summed E-state index contributed by atoms with van der Waals surface area (Å²) in [6, 6.07) is 15.5. The predicted octanol–water partition coefficient (Wildman–Crippen LogP) is 3.16. The fourth-order valence-corrected chi connectivity index (χ4v) is 2.14. The molecule has 0 aliphatic rings. The molecule has 2 aromatic rings. The topological polar surface area (TPSA) is 47.6 Å². The molecule has 0 aliphatic carbocycles. The summed E-state index contributed by atoms with van der Waals surface area (Å²) >= 11 is 0. The summed E-state index contributed by atoms with van der Waals surface area (Å²) in [7, 11) is 1.38. The lowest BCUT2D eigenvalue weighted by atomic mass is 10.1.